The molecule has 0 saturated heterocycles. The van der Waals surface area contributed by atoms with Gasteiger partial charge in [-0.1, -0.05) is 17.7 Å². The molecular formula is C9H8Cl2FNO. The molecule has 0 aliphatic carbocycles. The lowest BCUT2D eigenvalue weighted by molar-refractivity contribution is -0.118. The van der Waals surface area contributed by atoms with Gasteiger partial charge in [-0.2, -0.15) is 0 Å². The van der Waals surface area contributed by atoms with E-state index in [4.69, 9.17) is 23.2 Å². The lowest BCUT2D eigenvalue weighted by Crippen LogP contribution is -2.24. The Morgan fingerprint density at radius 2 is 2.21 bits per heavy atom. The van der Waals surface area contributed by atoms with Crippen LogP contribution in [-0.2, 0) is 11.3 Å². The van der Waals surface area contributed by atoms with Crippen LogP contribution in [0.3, 0.4) is 0 Å². The zero-order chi connectivity index (χ0) is 10.6. The van der Waals surface area contributed by atoms with E-state index < -0.39 is 5.82 Å². The van der Waals surface area contributed by atoms with E-state index in [1.807, 2.05) is 0 Å². The Balaban J connectivity index is 2.63. The zero-order valence-corrected chi connectivity index (χ0v) is 8.70. The summed E-state index contributed by atoms with van der Waals surface area (Å²) in [6, 6.07) is 4.28. The minimum Gasteiger partial charge on any atom is -0.351 e. The third-order valence-corrected chi connectivity index (χ3v) is 2.09. The molecule has 2 nitrogen and oxygen atoms in total. The average molecular weight is 236 g/mol. The molecule has 1 aromatic rings. The summed E-state index contributed by atoms with van der Waals surface area (Å²) in [6.07, 6.45) is 0. The lowest BCUT2D eigenvalue weighted by atomic mass is 10.2. The first-order valence-electron chi connectivity index (χ1n) is 3.90. The molecule has 0 radical (unpaired) electrons. The molecule has 5 heteroatoms. The first-order chi connectivity index (χ1) is 6.63. The molecule has 14 heavy (non-hydrogen) atoms. The van der Waals surface area contributed by atoms with E-state index in [0.717, 1.165) is 0 Å². The summed E-state index contributed by atoms with van der Waals surface area (Å²) < 4.78 is 13.1. The number of amides is 1. The second-order valence-electron chi connectivity index (χ2n) is 2.65. The van der Waals surface area contributed by atoms with Crippen LogP contribution in [0.4, 0.5) is 4.39 Å². The summed E-state index contributed by atoms with van der Waals surface area (Å²) in [4.78, 5) is 10.8. The summed E-state index contributed by atoms with van der Waals surface area (Å²) in [5, 5.41) is 2.78. The SMILES string of the molecule is O=C(CCl)NCc1ccc(Cl)cc1F. The van der Waals surface area contributed by atoms with Gasteiger partial charge in [-0.25, -0.2) is 4.39 Å². The zero-order valence-electron chi connectivity index (χ0n) is 7.19. The summed E-state index contributed by atoms with van der Waals surface area (Å²) >= 11 is 10.8. The third-order valence-electron chi connectivity index (χ3n) is 1.61. The second kappa shape index (κ2) is 5.17. The highest BCUT2D eigenvalue weighted by Crippen LogP contribution is 2.14. The van der Waals surface area contributed by atoms with Crippen molar-refractivity contribution in [2.75, 3.05) is 5.88 Å². The number of benzene rings is 1. The van der Waals surface area contributed by atoms with E-state index in [0.29, 0.717) is 10.6 Å². The van der Waals surface area contributed by atoms with E-state index in [9.17, 15) is 9.18 Å². The maximum Gasteiger partial charge on any atom is 0.235 e. The van der Waals surface area contributed by atoms with Gasteiger partial charge in [-0.05, 0) is 12.1 Å². The largest absolute Gasteiger partial charge is 0.351 e. The predicted octanol–water partition coefficient (Wildman–Crippen LogP) is 2.33. The van der Waals surface area contributed by atoms with Crippen molar-refractivity contribution in [1.82, 2.24) is 5.32 Å². The molecule has 1 aromatic carbocycles. The Hall–Kier alpha value is -0.800. The van der Waals surface area contributed by atoms with Crippen molar-refractivity contribution in [3.8, 4) is 0 Å². The fourth-order valence-corrected chi connectivity index (χ4v) is 1.16. The van der Waals surface area contributed by atoms with Gasteiger partial charge in [-0.3, -0.25) is 4.79 Å². The van der Waals surface area contributed by atoms with Crippen molar-refractivity contribution in [3.63, 3.8) is 0 Å². The first-order valence-corrected chi connectivity index (χ1v) is 4.81. The monoisotopic (exact) mass is 235 g/mol. The van der Waals surface area contributed by atoms with Gasteiger partial charge in [0.15, 0.2) is 0 Å². The molecule has 1 amide bonds. The highest BCUT2D eigenvalue weighted by atomic mass is 35.5. The summed E-state index contributed by atoms with van der Waals surface area (Å²) in [7, 11) is 0. The Kier molecular flexibility index (Phi) is 4.17. The van der Waals surface area contributed by atoms with Crippen molar-refractivity contribution >= 4 is 29.1 Å². The number of nitrogens with one attached hydrogen (secondary N) is 1. The Bertz CT molecular complexity index is 344. The molecule has 0 aliphatic rings. The molecule has 1 N–H and O–H groups in total. The normalized spacial score (nSPS) is 9.93. The molecular weight excluding hydrogens is 228 g/mol. The average Bonchev–Trinajstić information content (AvgIpc) is 2.16. The maximum absolute atomic E-state index is 13.1. The van der Waals surface area contributed by atoms with E-state index in [-0.39, 0.29) is 18.3 Å². The van der Waals surface area contributed by atoms with Gasteiger partial charge in [0, 0.05) is 17.1 Å². The van der Waals surface area contributed by atoms with Gasteiger partial charge in [0.1, 0.15) is 11.7 Å². The Morgan fingerprint density at radius 1 is 1.50 bits per heavy atom. The topological polar surface area (TPSA) is 29.1 Å². The van der Waals surface area contributed by atoms with Gasteiger partial charge in [0.25, 0.3) is 0 Å². The lowest BCUT2D eigenvalue weighted by Gasteiger charge is -2.04. The van der Waals surface area contributed by atoms with Crippen LogP contribution in [0.1, 0.15) is 5.56 Å². The van der Waals surface area contributed by atoms with Gasteiger partial charge in [-0.15, -0.1) is 11.6 Å². The highest BCUT2D eigenvalue weighted by Gasteiger charge is 2.04. The molecule has 1 rings (SSSR count). The van der Waals surface area contributed by atoms with Crippen LogP contribution in [0.15, 0.2) is 18.2 Å². The number of halogens is 3. The molecule has 0 saturated carbocycles. The van der Waals surface area contributed by atoms with E-state index in [1.54, 1.807) is 6.07 Å². The first kappa shape index (κ1) is 11.3. The maximum atomic E-state index is 13.1. The molecule has 0 spiro atoms. The summed E-state index contributed by atoms with van der Waals surface area (Å²) in [6.45, 7) is 0.120. The number of hydrogen-bond acceptors (Lipinski definition) is 1. The third kappa shape index (κ3) is 3.16. The summed E-state index contributed by atoms with van der Waals surface area (Å²) in [5.41, 5.74) is 0.382. The van der Waals surface area contributed by atoms with Crippen molar-refractivity contribution in [2.24, 2.45) is 0 Å². The number of carbonyl (C=O) groups excluding carboxylic acids is 1. The smallest absolute Gasteiger partial charge is 0.235 e. The van der Waals surface area contributed by atoms with Gasteiger partial charge in [0.2, 0.25) is 5.91 Å². The van der Waals surface area contributed by atoms with Crippen LogP contribution in [0, 0.1) is 5.82 Å². The summed E-state index contributed by atoms with van der Waals surface area (Å²) in [5.74, 6) is -0.900. The van der Waals surface area contributed by atoms with Crippen molar-refractivity contribution in [3.05, 3.63) is 34.6 Å². The molecule has 0 aromatic heterocycles. The van der Waals surface area contributed by atoms with Gasteiger partial charge in [0.05, 0.1) is 0 Å². The standard InChI is InChI=1S/C9H8Cl2FNO/c10-4-9(14)13-5-6-1-2-7(11)3-8(6)12/h1-3H,4-5H2,(H,13,14). The van der Waals surface area contributed by atoms with E-state index >= 15 is 0 Å². The molecule has 0 aliphatic heterocycles. The van der Waals surface area contributed by atoms with E-state index in [2.05, 4.69) is 5.32 Å². The minimum absolute atomic E-state index is 0.120. The fraction of sp³-hybridized carbons (Fsp3) is 0.222. The molecule has 76 valence electrons. The molecule has 0 atom stereocenters. The van der Waals surface area contributed by atoms with Crippen LogP contribution in [-0.4, -0.2) is 11.8 Å². The second-order valence-corrected chi connectivity index (χ2v) is 3.35. The van der Waals surface area contributed by atoms with Crippen molar-refractivity contribution < 1.29 is 9.18 Å². The van der Waals surface area contributed by atoms with E-state index in [1.165, 1.54) is 12.1 Å². The number of alkyl halides is 1. The van der Waals surface area contributed by atoms with Crippen LogP contribution in [0.2, 0.25) is 5.02 Å². The fourth-order valence-electron chi connectivity index (χ4n) is 0.906. The molecule has 0 fully saturated rings. The van der Waals surface area contributed by atoms with Crippen LogP contribution < -0.4 is 5.32 Å². The molecule has 0 bridgehead atoms. The van der Waals surface area contributed by atoms with Crippen LogP contribution in [0.25, 0.3) is 0 Å². The van der Waals surface area contributed by atoms with Gasteiger partial charge >= 0.3 is 0 Å². The van der Waals surface area contributed by atoms with Crippen molar-refractivity contribution in [2.45, 2.75) is 6.54 Å². The highest BCUT2D eigenvalue weighted by molar-refractivity contribution is 6.30. The number of hydrogen-bond donors (Lipinski definition) is 1. The predicted molar refractivity (Wildman–Crippen MR) is 54.0 cm³/mol. The number of carbonyl (C=O) groups is 1. The number of rotatable bonds is 3. The van der Waals surface area contributed by atoms with Crippen LogP contribution in [0.5, 0.6) is 0 Å². The Morgan fingerprint density at radius 3 is 2.79 bits per heavy atom. The quantitative estimate of drug-likeness (QED) is 0.801. The van der Waals surface area contributed by atoms with Crippen molar-refractivity contribution in [1.29, 1.82) is 0 Å². The van der Waals surface area contributed by atoms with Gasteiger partial charge < -0.3 is 5.32 Å². The van der Waals surface area contributed by atoms with Crippen LogP contribution >= 0.6 is 23.2 Å². The minimum atomic E-state index is -0.438. The Labute approximate surface area is 91.0 Å². The molecule has 0 heterocycles. The molecule has 0 unspecified atom stereocenters.